The van der Waals surface area contributed by atoms with Crippen LogP contribution < -0.4 is 15.1 Å². The molecule has 4 aliphatic heterocycles. The van der Waals surface area contributed by atoms with E-state index < -0.39 is 53.6 Å². The lowest BCUT2D eigenvalue weighted by molar-refractivity contribution is -0.159. The first kappa shape index (κ1) is 33.7. The van der Waals surface area contributed by atoms with E-state index in [0.29, 0.717) is 18.5 Å². The number of allylic oxidation sites excluding steroid dienone is 1. The van der Waals surface area contributed by atoms with Gasteiger partial charge in [0.15, 0.2) is 0 Å². The van der Waals surface area contributed by atoms with Gasteiger partial charge in [-0.1, -0.05) is 38.2 Å². The molecule has 11 heteroatoms. The first-order valence-electron chi connectivity index (χ1n) is 16.6. The van der Waals surface area contributed by atoms with Crippen molar-refractivity contribution in [1.29, 1.82) is 0 Å². The molecular formula is C35H48N4O7. The Labute approximate surface area is 271 Å². The number of aliphatic hydroxyl groups is 1. The summed E-state index contributed by atoms with van der Waals surface area (Å²) in [5.41, 5.74) is 0.263. The average molecular weight is 637 g/mol. The monoisotopic (exact) mass is 636 g/mol. The zero-order chi connectivity index (χ0) is 33.2. The van der Waals surface area contributed by atoms with E-state index in [1.165, 1.54) is 4.90 Å². The molecule has 250 valence electrons. The number of hydrogen-bond donors (Lipinski definition) is 2. The van der Waals surface area contributed by atoms with Crippen LogP contribution in [0, 0.1) is 17.8 Å². The lowest BCUT2D eigenvalue weighted by atomic mass is 9.74. The van der Waals surface area contributed by atoms with E-state index in [2.05, 4.69) is 24.1 Å². The predicted octanol–water partition coefficient (Wildman–Crippen LogP) is 2.82. The first-order chi connectivity index (χ1) is 22.1. The third-order valence-electron chi connectivity index (χ3n) is 9.62. The molecule has 0 saturated carbocycles. The van der Waals surface area contributed by atoms with Crippen LogP contribution in [0.5, 0.6) is 0 Å². The summed E-state index contributed by atoms with van der Waals surface area (Å²) in [7, 11) is 0. The van der Waals surface area contributed by atoms with Crippen molar-refractivity contribution >= 4 is 35.1 Å². The standard InChI is InChI=1S/C35H48N4O7/c1-6-37(7-2)24-12-14-25(15-13-24)38-18-10-8-9-11-28(41)36-20-23(5)45-34(44)29-27-16-17-35(46-27)30(29)32(42)39(31(35)33(38)43)26(21-40)19-22(3)4/h8,10,12-17,22-23,26-27,29-31,40H,6-7,9,11,18-21H2,1-5H3,(H,36,41)/b10-8-/t23-,26-,27+,29-,30-,31+,35-/m1/s1. The Morgan fingerprint density at radius 1 is 1.07 bits per heavy atom. The number of nitrogens with zero attached hydrogens (tertiary/aromatic N) is 3. The number of amides is 3. The van der Waals surface area contributed by atoms with Crippen LogP contribution in [0.4, 0.5) is 11.4 Å². The first-order valence-corrected chi connectivity index (χ1v) is 16.6. The summed E-state index contributed by atoms with van der Waals surface area (Å²) in [6, 6.07) is 5.97. The van der Waals surface area contributed by atoms with Gasteiger partial charge in [-0.25, -0.2) is 0 Å². The largest absolute Gasteiger partial charge is 0.460 e. The molecule has 2 N–H and O–H groups in total. The molecule has 2 saturated heterocycles. The normalized spacial score (nSPS) is 31.2. The van der Waals surface area contributed by atoms with Crippen molar-refractivity contribution in [3.05, 3.63) is 48.6 Å². The molecule has 7 atom stereocenters. The van der Waals surface area contributed by atoms with Gasteiger partial charge in [-0.3, -0.25) is 19.2 Å². The number of benzene rings is 1. The van der Waals surface area contributed by atoms with Crippen LogP contribution in [0.2, 0.25) is 0 Å². The second-order valence-corrected chi connectivity index (χ2v) is 13.1. The summed E-state index contributed by atoms with van der Waals surface area (Å²) in [4.78, 5) is 61.0. The van der Waals surface area contributed by atoms with Gasteiger partial charge in [0.1, 0.15) is 23.7 Å². The minimum Gasteiger partial charge on any atom is -0.460 e. The number of anilines is 2. The minimum absolute atomic E-state index is 0.125. The summed E-state index contributed by atoms with van der Waals surface area (Å²) in [5, 5.41) is 13.4. The van der Waals surface area contributed by atoms with E-state index >= 15 is 4.79 Å². The molecule has 1 spiro atoms. The van der Waals surface area contributed by atoms with Crippen LogP contribution in [-0.4, -0.2) is 96.4 Å². The van der Waals surface area contributed by atoms with Gasteiger partial charge in [-0.05, 0) is 63.8 Å². The quantitative estimate of drug-likeness (QED) is 0.330. The fraction of sp³-hybridized carbons (Fsp3) is 0.600. The molecule has 0 aliphatic carbocycles. The Kier molecular flexibility index (Phi) is 10.2. The number of nitrogens with one attached hydrogen (secondary N) is 1. The summed E-state index contributed by atoms with van der Waals surface area (Å²) < 4.78 is 12.3. The van der Waals surface area contributed by atoms with Gasteiger partial charge in [0, 0.05) is 37.4 Å². The number of rotatable bonds is 8. The number of carbonyl (C=O) groups excluding carboxylic acids is 4. The van der Waals surface area contributed by atoms with Crippen molar-refractivity contribution in [2.24, 2.45) is 17.8 Å². The molecular weight excluding hydrogens is 588 g/mol. The highest BCUT2D eigenvalue weighted by Crippen LogP contribution is 2.56. The number of cyclic esters (lactones) is 1. The number of esters is 1. The molecule has 4 heterocycles. The summed E-state index contributed by atoms with van der Waals surface area (Å²) in [6.07, 6.45) is 7.04. The fourth-order valence-corrected chi connectivity index (χ4v) is 7.45. The number of carbonyl (C=O) groups is 4. The van der Waals surface area contributed by atoms with Crippen LogP contribution in [0.15, 0.2) is 48.6 Å². The van der Waals surface area contributed by atoms with Crippen LogP contribution in [0.3, 0.4) is 0 Å². The van der Waals surface area contributed by atoms with E-state index in [-0.39, 0.29) is 43.8 Å². The lowest BCUT2D eigenvalue weighted by Gasteiger charge is -2.39. The highest BCUT2D eigenvalue weighted by molar-refractivity contribution is 6.05. The molecule has 0 aromatic heterocycles. The van der Waals surface area contributed by atoms with Gasteiger partial charge in [0.25, 0.3) is 5.91 Å². The Bertz CT molecular complexity index is 1360. The molecule has 0 radical (unpaired) electrons. The average Bonchev–Trinajstić information content (AvgIpc) is 3.68. The Morgan fingerprint density at radius 3 is 2.43 bits per heavy atom. The van der Waals surface area contributed by atoms with Gasteiger partial charge in [0.05, 0.1) is 31.2 Å². The van der Waals surface area contributed by atoms with Crippen LogP contribution in [0.25, 0.3) is 0 Å². The third kappa shape index (κ3) is 6.19. The van der Waals surface area contributed by atoms with Crippen molar-refractivity contribution < 1.29 is 33.8 Å². The lowest BCUT2D eigenvalue weighted by Crippen LogP contribution is -2.59. The highest BCUT2D eigenvalue weighted by Gasteiger charge is 2.74. The van der Waals surface area contributed by atoms with Crippen LogP contribution >= 0.6 is 0 Å². The minimum atomic E-state index is -1.40. The molecule has 3 amide bonds. The third-order valence-corrected chi connectivity index (χ3v) is 9.62. The van der Waals surface area contributed by atoms with Crippen molar-refractivity contribution in [3.8, 4) is 0 Å². The number of ether oxygens (including phenoxy) is 2. The van der Waals surface area contributed by atoms with Crippen LogP contribution in [-0.2, 0) is 28.7 Å². The fourth-order valence-electron chi connectivity index (χ4n) is 7.45. The topological polar surface area (TPSA) is 129 Å². The number of likely N-dealkylation sites (tertiary alicyclic amines) is 1. The molecule has 4 aliphatic rings. The van der Waals surface area contributed by atoms with Gasteiger partial charge in [0.2, 0.25) is 11.8 Å². The molecule has 1 aromatic rings. The smallest absolute Gasteiger partial charge is 0.313 e. The molecule has 11 nitrogen and oxygen atoms in total. The second kappa shape index (κ2) is 14.0. The van der Waals surface area contributed by atoms with Gasteiger partial charge in [-0.2, -0.15) is 0 Å². The summed E-state index contributed by atoms with van der Waals surface area (Å²) in [6.45, 7) is 11.5. The number of aliphatic hydroxyl groups excluding tert-OH is 1. The van der Waals surface area contributed by atoms with Crippen LogP contribution in [0.1, 0.15) is 53.9 Å². The van der Waals surface area contributed by atoms with Crippen molar-refractivity contribution in [2.75, 3.05) is 42.6 Å². The second-order valence-electron chi connectivity index (χ2n) is 13.1. The maximum atomic E-state index is 15.0. The molecule has 0 unspecified atom stereocenters. The predicted molar refractivity (Wildman–Crippen MR) is 174 cm³/mol. The zero-order valence-electron chi connectivity index (χ0n) is 27.6. The Morgan fingerprint density at radius 2 is 1.78 bits per heavy atom. The van der Waals surface area contributed by atoms with E-state index in [0.717, 1.165) is 18.8 Å². The van der Waals surface area contributed by atoms with Crippen molar-refractivity contribution in [3.63, 3.8) is 0 Å². The van der Waals surface area contributed by atoms with E-state index in [1.807, 2.05) is 50.3 Å². The maximum Gasteiger partial charge on any atom is 0.313 e. The maximum absolute atomic E-state index is 15.0. The molecule has 5 rings (SSSR count). The SMILES string of the molecule is CCN(CC)c1ccc(N2C/C=C\CCC(=O)NC[C@@H](C)OC(=O)[C@@H]3[C@@H]4C=C[C@]5(O4)[C@H](C2=O)N([C@@H](CO)CC(C)C)C(=O)[C@@H]35)cc1. The van der Waals surface area contributed by atoms with Gasteiger partial charge >= 0.3 is 5.97 Å². The van der Waals surface area contributed by atoms with Gasteiger partial charge < -0.3 is 34.6 Å². The number of fused-ring (bicyclic) bond motifs is 2. The van der Waals surface area contributed by atoms with E-state index in [1.54, 1.807) is 24.0 Å². The highest BCUT2D eigenvalue weighted by atomic mass is 16.6. The Hall–Kier alpha value is -3.70. The molecule has 1 aromatic carbocycles. The van der Waals surface area contributed by atoms with Crippen molar-refractivity contribution in [1.82, 2.24) is 10.2 Å². The van der Waals surface area contributed by atoms with E-state index in [4.69, 9.17) is 9.47 Å². The van der Waals surface area contributed by atoms with Crippen molar-refractivity contribution in [2.45, 2.75) is 83.8 Å². The van der Waals surface area contributed by atoms with Gasteiger partial charge in [-0.15, -0.1) is 0 Å². The number of hydrogen-bond acceptors (Lipinski definition) is 8. The molecule has 46 heavy (non-hydrogen) atoms. The zero-order valence-corrected chi connectivity index (χ0v) is 27.6. The van der Waals surface area contributed by atoms with E-state index in [9.17, 15) is 19.5 Å². The summed E-state index contributed by atoms with van der Waals surface area (Å²) >= 11 is 0. The Balaban J connectivity index is 1.62. The summed E-state index contributed by atoms with van der Waals surface area (Å²) in [5.74, 6) is -3.39. The molecule has 5 bridgehead atoms. The molecule has 2 fully saturated rings.